The van der Waals surface area contributed by atoms with E-state index in [1.165, 1.54) is 6.92 Å². The number of rotatable bonds is 3. The lowest BCUT2D eigenvalue weighted by molar-refractivity contribution is -0.144. The number of hydrogen-bond donors (Lipinski definition) is 3. The van der Waals surface area contributed by atoms with Crippen molar-refractivity contribution in [1.29, 1.82) is 0 Å². The van der Waals surface area contributed by atoms with Crippen LogP contribution in [0.15, 0.2) is 12.7 Å². The van der Waals surface area contributed by atoms with E-state index < -0.39 is 10.0 Å². The fourth-order valence-electron chi connectivity index (χ4n) is 0.275. The Bertz CT molecular complexity index is 152. The van der Waals surface area contributed by atoms with Crippen molar-refractivity contribution in [2.45, 2.75) is 17.9 Å². The first kappa shape index (κ1) is 15.3. The lowest BCUT2D eigenvalue weighted by atomic mass is 10.5. The van der Waals surface area contributed by atoms with Gasteiger partial charge in [-0.15, -0.1) is 6.58 Å². The van der Waals surface area contributed by atoms with Gasteiger partial charge in [0, 0.05) is 0 Å². The molecule has 0 amide bonds. The van der Waals surface area contributed by atoms with Crippen molar-refractivity contribution in [3.63, 3.8) is 0 Å². The predicted molar refractivity (Wildman–Crippen MR) is 60.3 cm³/mol. The van der Waals surface area contributed by atoms with Crippen LogP contribution in [0.4, 0.5) is 0 Å². The zero-order valence-corrected chi connectivity index (χ0v) is 9.65. The summed E-state index contributed by atoms with van der Waals surface area (Å²) in [4.78, 5) is 10.7. The van der Waals surface area contributed by atoms with Crippen LogP contribution in [-0.4, -0.2) is 28.4 Å². The highest BCUT2D eigenvalue weighted by Gasteiger charge is 2.25. The normalized spacial score (nSPS) is 9.62. The van der Waals surface area contributed by atoms with E-state index in [4.69, 9.17) is 5.11 Å². The number of carbonyl (C=O) groups excluding carboxylic acids is 1. The third kappa shape index (κ3) is 11.9. The smallest absolute Gasteiger partial charge is 0.331 e. The Morgan fingerprint density at radius 3 is 2.31 bits per heavy atom. The number of thiol groups is 2. The maximum atomic E-state index is 10.7. The van der Waals surface area contributed by atoms with Gasteiger partial charge in [0.15, 0.2) is 4.08 Å². The Kier molecular flexibility index (Phi) is 10.00. The molecule has 1 N–H and O–H groups in total. The van der Waals surface area contributed by atoms with E-state index in [0.29, 0.717) is 0 Å². The molecule has 0 saturated carbocycles. The monoisotopic (exact) mass is 224 g/mol. The lowest BCUT2D eigenvalue weighted by Crippen LogP contribution is -2.25. The van der Waals surface area contributed by atoms with Crippen LogP contribution in [0.25, 0.3) is 0 Å². The fraction of sp³-hybridized carbons (Fsp3) is 0.625. The van der Waals surface area contributed by atoms with Gasteiger partial charge in [-0.1, -0.05) is 6.08 Å². The summed E-state index contributed by atoms with van der Waals surface area (Å²) in [6.07, 6.45) is 1.75. The number of allylic oxidation sites excluding steroid dienone is 1. The highest BCUT2D eigenvalue weighted by Crippen LogP contribution is 2.19. The van der Waals surface area contributed by atoms with E-state index in [1.54, 1.807) is 6.08 Å². The molecular formula is C8H16O3S2. The van der Waals surface area contributed by atoms with Crippen molar-refractivity contribution in [2.75, 3.05) is 13.2 Å². The molecule has 0 aromatic rings. The standard InChI is InChI=1S/C5H10O3S2.C3H6/c1-5(9,10)4(7)8-3-2-6;1-3-2/h6,9-10H,2-3H2,1H3;3H,1H2,2H3. The summed E-state index contributed by atoms with van der Waals surface area (Å²) in [5.41, 5.74) is 0. The molecule has 0 spiro atoms. The third-order valence-electron chi connectivity index (χ3n) is 0.711. The molecular weight excluding hydrogens is 208 g/mol. The summed E-state index contributed by atoms with van der Waals surface area (Å²) in [6.45, 7) is 6.57. The summed E-state index contributed by atoms with van der Waals surface area (Å²) in [5, 5.41) is 8.25. The molecule has 0 aromatic heterocycles. The van der Waals surface area contributed by atoms with E-state index >= 15 is 0 Å². The van der Waals surface area contributed by atoms with Gasteiger partial charge in [-0.2, -0.15) is 25.3 Å². The summed E-state index contributed by atoms with van der Waals surface area (Å²) in [7, 11) is 0. The molecule has 5 heteroatoms. The Labute approximate surface area is 90.0 Å². The maximum absolute atomic E-state index is 10.7. The predicted octanol–water partition coefficient (Wildman–Crippen LogP) is 1.29. The first-order valence-electron chi connectivity index (χ1n) is 3.70. The van der Waals surface area contributed by atoms with E-state index in [9.17, 15) is 4.79 Å². The molecule has 0 radical (unpaired) electrons. The minimum atomic E-state index is -1.07. The van der Waals surface area contributed by atoms with Gasteiger partial charge in [-0.3, -0.25) is 0 Å². The van der Waals surface area contributed by atoms with Gasteiger partial charge in [0.2, 0.25) is 0 Å². The Balaban J connectivity index is 0. The molecule has 0 rings (SSSR count). The fourth-order valence-corrected chi connectivity index (χ4v) is 0.404. The van der Waals surface area contributed by atoms with Crippen LogP contribution in [0.3, 0.4) is 0 Å². The maximum Gasteiger partial charge on any atom is 0.331 e. The molecule has 0 aliphatic carbocycles. The van der Waals surface area contributed by atoms with Crippen LogP contribution in [-0.2, 0) is 9.53 Å². The van der Waals surface area contributed by atoms with Gasteiger partial charge in [-0.25, -0.2) is 4.79 Å². The van der Waals surface area contributed by atoms with E-state index in [1.807, 2.05) is 6.92 Å². The van der Waals surface area contributed by atoms with Crippen molar-refractivity contribution < 1.29 is 14.6 Å². The molecule has 13 heavy (non-hydrogen) atoms. The molecule has 0 atom stereocenters. The van der Waals surface area contributed by atoms with Gasteiger partial charge in [0.05, 0.1) is 6.61 Å². The molecule has 0 aliphatic rings. The Morgan fingerprint density at radius 1 is 1.69 bits per heavy atom. The van der Waals surface area contributed by atoms with Crippen LogP contribution >= 0.6 is 25.3 Å². The van der Waals surface area contributed by atoms with Crippen molar-refractivity contribution in [2.24, 2.45) is 0 Å². The van der Waals surface area contributed by atoms with Crippen LogP contribution < -0.4 is 0 Å². The van der Waals surface area contributed by atoms with Crippen LogP contribution in [0.1, 0.15) is 13.8 Å². The molecule has 0 aromatic carbocycles. The second-order valence-corrected chi connectivity index (χ2v) is 4.43. The topological polar surface area (TPSA) is 46.5 Å². The molecule has 78 valence electrons. The molecule has 3 nitrogen and oxygen atoms in total. The van der Waals surface area contributed by atoms with Gasteiger partial charge >= 0.3 is 5.97 Å². The second kappa shape index (κ2) is 8.47. The van der Waals surface area contributed by atoms with Gasteiger partial charge < -0.3 is 9.84 Å². The summed E-state index contributed by atoms with van der Waals surface area (Å²) in [5.74, 6) is -0.548. The average molecular weight is 224 g/mol. The quantitative estimate of drug-likeness (QED) is 0.293. The van der Waals surface area contributed by atoms with E-state index in [2.05, 4.69) is 36.6 Å². The second-order valence-electron chi connectivity index (χ2n) is 2.29. The average Bonchev–Trinajstić information content (AvgIpc) is 1.99. The lowest BCUT2D eigenvalue weighted by Gasteiger charge is -2.13. The zero-order chi connectivity index (χ0) is 10.9. The summed E-state index contributed by atoms with van der Waals surface area (Å²) >= 11 is 7.66. The summed E-state index contributed by atoms with van der Waals surface area (Å²) < 4.78 is 3.44. The number of hydrogen-bond acceptors (Lipinski definition) is 5. The number of aliphatic hydroxyl groups excluding tert-OH is 1. The van der Waals surface area contributed by atoms with Crippen LogP contribution in [0.2, 0.25) is 0 Å². The van der Waals surface area contributed by atoms with Gasteiger partial charge in [-0.05, 0) is 13.8 Å². The first-order chi connectivity index (χ1) is 5.90. The van der Waals surface area contributed by atoms with Crippen molar-refractivity contribution in [3.8, 4) is 0 Å². The highest BCUT2D eigenvalue weighted by atomic mass is 32.2. The summed E-state index contributed by atoms with van der Waals surface area (Å²) in [6, 6.07) is 0. The van der Waals surface area contributed by atoms with Crippen LogP contribution in [0.5, 0.6) is 0 Å². The number of esters is 1. The Morgan fingerprint density at radius 2 is 2.08 bits per heavy atom. The van der Waals surface area contributed by atoms with Crippen molar-refractivity contribution >= 4 is 31.2 Å². The highest BCUT2D eigenvalue weighted by molar-refractivity contribution is 8.01. The van der Waals surface area contributed by atoms with Crippen molar-refractivity contribution in [3.05, 3.63) is 12.7 Å². The zero-order valence-electron chi connectivity index (χ0n) is 7.86. The van der Waals surface area contributed by atoms with Crippen molar-refractivity contribution in [1.82, 2.24) is 0 Å². The largest absolute Gasteiger partial charge is 0.462 e. The number of carbonyl (C=O) groups is 1. The Hall–Kier alpha value is -0.130. The minimum absolute atomic E-state index is 0.00442. The molecule has 0 heterocycles. The van der Waals surface area contributed by atoms with E-state index in [-0.39, 0.29) is 13.2 Å². The molecule has 0 fully saturated rings. The molecule has 0 saturated heterocycles. The van der Waals surface area contributed by atoms with Gasteiger partial charge in [0.1, 0.15) is 6.61 Å². The first-order valence-corrected chi connectivity index (χ1v) is 4.59. The molecule has 0 aliphatic heterocycles. The van der Waals surface area contributed by atoms with E-state index in [0.717, 1.165) is 0 Å². The number of ether oxygens (including phenoxy) is 1. The SMILES string of the molecule is C=CC.CC(S)(S)C(=O)OCCO. The molecule has 0 bridgehead atoms. The third-order valence-corrected chi connectivity index (χ3v) is 1.08. The minimum Gasteiger partial charge on any atom is -0.462 e. The molecule has 0 unspecified atom stereocenters. The number of aliphatic hydroxyl groups is 1. The van der Waals surface area contributed by atoms with Gasteiger partial charge in [0.25, 0.3) is 0 Å². The van der Waals surface area contributed by atoms with Crippen LogP contribution in [0, 0.1) is 0 Å².